The minimum atomic E-state index is 0.296. The van der Waals surface area contributed by atoms with Crippen molar-refractivity contribution in [2.45, 2.75) is 47.1 Å². The Morgan fingerprint density at radius 2 is 1.76 bits per heavy atom. The van der Waals surface area contributed by atoms with Crippen molar-refractivity contribution < 1.29 is 0 Å². The van der Waals surface area contributed by atoms with Crippen LogP contribution in [0.4, 0.5) is 11.6 Å². The van der Waals surface area contributed by atoms with Crippen molar-refractivity contribution in [2.24, 2.45) is 0 Å². The molecule has 0 bridgehead atoms. The van der Waals surface area contributed by atoms with Gasteiger partial charge in [-0.1, -0.05) is 13.8 Å². The van der Waals surface area contributed by atoms with E-state index in [0.29, 0.717) is 12.5 Å². The normalized spacial score (nSPS) is 11.0. The zero-order valence-corrected chi connectivity index (χ0v) is 14.1. The predicted octanol–water partition coefficient (Wildman–Crippen LogP) is 3.72. The average Bonchev–Trinajstić information content (AvgIpc) is 2.85. The molecule has 0 aromatic carbocycles. The summed E-state index contributed by atoms with van der Waals surface area (Å²) < 4.78 is 0. The lowest BCUT2D eigenvalue weighted by molar-refractivity contribution is 0.772. The van der Waals surface area contributed by atoms with Gasteiger partial charge in [-0.2, -0.15) is 0 Å². The average molecular weight is 305 g/mol. The van der Waals surface area contributed by atoms with Gasteiger partial charge in [-0.3, -0.25) is 0 Å². The highest BCUT2D eigenvalue weighted by molar-refractivity contribution is 7.09. The van der Waals surface area contributed by atoms with Crippen LogP contribution < -0.4 is 10.6 Å². The summed E-state index contributed by atoms with van der Waals surface area (Å²) >= 11 is 1.67. The number of thiazole rings is 1. The highest BCUT2D eigenvalue weighted by atomic mass is 32.1. The van der Waals surface area contributed by atoms with Gasteiger partial charge in [0.1, 0.15) is 17.5 Å². The van der Waals surface area contributed by atoms with Crippen LogP contribution >= 0.6 is 11.3 Å². The lowest BCUT2D eigenvalue weighted by Gasteiger charge is -2.15. The second-order valence-corrected chi connectivity index (χ2v) is 6.36. The first kappa shape index (κ1) is 15.7. The fourth-order valence-corrected chi connectivity index (χ4v) is 2.58. The van der Waals surface area contributed by atoms with Gasteiger partial charge in [-0.25, -0.2) is 15.0 Å². The van der Waals surface area contributed by atoms with E-state index in [9.17, 15) is 0 Å². The Labute approximate surface area is 130 Å². The Bertz CT molecular complexity index is 606. The van der Waals surface area contributed by atoms with E-state index < -0.39 is 0 Å². The molecule has 0 saturated heterocycles. The van der Waals surface area contributed by atoms with Crippen molar-refractivity contribution in [1.82, 2.24) is 15.0 Å². The summed E-state index contributed by atoms with van der Waals surface area (Å²) in [6.07, 6.45) is 0. The number of rotatable bonds is 6. The van der Waals surface area contributed by atoms with Gasteiger partial charge < -0.3 is 10.6 Å². The quantitative estimate of drug-likeness (QED) is 0.851. The van der Waals surface area contributed by atoms with Gasteiger partial charge in [0.25, 0.3) is 0 Å². The summed E-state index contributed by atoms with van der Waals surface area (Å²) in [5.41, 5.74) is 2.10. The van der Waals surface area contributed by atoms with E-state index in [-0.39, 0.29) is 0 Å². The molecule has 0 amide bonds. The zero-order valence-electron chi connectivity index (χ0n) is 13.3. The maximum Gasteiger partial charge on any atom is 0.135 e. The van der Waals surface area contributed by atoms with Crippen LogP contribution in [-0.4, -0.2) is 21.5 Å². The molecular weight excluding hydrogens is 282 g/mol. The van der Waals surface area contributed by atoms with Gasteiger partial charge >= 0.3 is 0 Å². The van der Waals surface area contributed by atoms with Crippen molar-refractivity contribution in [1.29, 1.82) is 0 Å². The maximum atomic E-state index is 4.65. The SMILES string of the molecule is CCNc1nc(C(C)C)nc(NCc2csc(C)n2)c1C. The number of nitrogens with zero attached hydrogens (tertiary/aromatic N) is 3. The molecule has 6 heteroatoms. The van der Waals surface area contributed by atoms with Crippen LogP contribution in [-0.2, 0) is 6.54 Å². The molecule has 114 valence electrons. The molecule has 0 aliphatic heterocycles. The van der Waals surface area contributed by atoms with Gasteiger partial charge in [0.2, 0.25) is 0 Å². The number of hydrogen-bond donors (Lipinski definition) is 2. The minimum Gasteiger partial charge on any atom is -0.370 e. The molecule has 21 heavy (non-hydrogen) atoms. The van der Waals surface area contributed by atoms with Crippen LogP contribution in [0, 0.1) is 13.8 Å². The predicted molar refractivity (Wildman–Crippen MR) is 89.2 cm³/mol. The summed E-state index contributed by atoms with van der Waals surface area (Å²) in [6, 6.07) is 0. The van der Waals surface area contributed by atoms with E-state index in [1.807, 2.05) is 13.8 Å². The zero-order chi connectivity index (χ0) is 15.4. The van der Waals surface area contributed by atoms with Crippen LogP contribution in [0.3, 0.4) is 0 Å². The molecule has 2 N–H and O–H groups in total. The molecule has 0 atom stereocenters. The number of aryl methyl sites for hydroxylation is 1. The van der Waals surface area contributed by atoms with Crippen LogP contribution in [0.15, 0.2) is 5.38 Å². The molecule has 0 spiro atoms. The van der Waals surface area contributed by atoms with Crippen molar-refractivity contribution in [3.05, 3.63) is 27.5 Å². The Morgan fingerprint density at radius 1 is 1.10 bits per heavy atom. The van der Waals surface area contributed by atoms with Crippen molar-refractivity contribution in [2.75, 3.05) is 17.2 Å². The number of hydrogen-bond acceptors (Lipinski definition) is 6. The summed E-state index contributed by atoms with van der Waals surface area (Å²) in [5.74, 6) is 2.95. The van der Waals surface area contributed by atoms with E-state index >= 15 is 0 Å². The Hall–Kier alpha value is -1.69. The molecular formula is C15H23N5S. The standard InChI is InChI=1S/C15H23N5S/c1-6-16-14-10(4)15(20-13(19-14)9(2)3)17-7-12-8-21-11(5)18-12/h8-9H,6-7H2,1-5H3,(H2,16,17,19,20). The fourth-order valence-electron chi connectivity index (χ4n) is 1.97. The second kappa shape index (κ2) is 6.85. The van der Waals surface area contributed by atoms with Gasteiger partial charge in [-0.05, 0) is 20.8 Å². The highest BCUT2D eigenvalue weighted by Crippen LogP contribution is 2.23. The van der Waals surface area contributed by atoms with E-state index in [2.05, 4.69) is 51.7 Å². The third-order valence-corrected chi connectivity index (χ3v) is 3.95. The van der Waals surface area contributed by atoms with Gasteiger partial charge in [-0.15, -0.1) is 11.3 Å². The summed E-state index contributed by atoms with van der Waals surface area (Å²) in [4.78, 5) is 13.7. The van der Waals surface area contributed by atoms with Crippen molar-refractivity contribution in [3.8, 4) is 0 Å². The van der Waals surface area contributed by atoms with Gasteiger partial charge in [0.05, 0.1) is 17.2 Å². The van der Waals surface area contributed by atoms with E-state index in [1.165, 1.54) is 0 Å². The van der Waals surface area contributed by atoms with Gasteiger partial charge in [0.15, 0.2) is 0 Å². The lowest BCUT2D eigenvalue weighted by Crippen LogP contribution is -2.12. The maximum absolute atomic E-state index is 4.65. The van der Waals surface area contributed by atoms with Crippen LogP contribution in [0.25, 0.3) is 0 Å². The van der Waals surface area contributed by atoms with Crippen LogP contribution in [0.5, 0.6) is 0 Å². The highest BCUT2D eigenvalue weighted by Gasteiger charge is 2.13. The first-order valence-corrected chi connectivity index (χ1v) is 8.16. The van der Waals surface area contributed by atoms with Crippen molar-refractivity contribution in [3.63, 3.8) is 0 Å². The third-order valence-electron chi connectivity index (χ3n) is 3.13. The van der Waals surface area contributed by atoms with E-state index in [1.54, 1.807) is 11.3 Å². The monoisotopic (exact) mass is 305 g/mol. The summed E-state index contributed by atoms with van der Waals surface area (Å²) in [5, 5.41) is 9.86. The number of nitrogens with one attached hydrogen (secondary N) is 2. The molecule has 2 heterocycles. The minimum absolute atomic E-state index is 0.296. The first-order chi connectivity index (χ1) is 10.0. The Kier molecular flexibility index (Phi) is 5.12. The summed E-state index contributed by atoms with van der Waals surface area (Å²) in [6.45, 7) is 11.9. The molecule has 2 aromatic rings. The topological polar surface area (TPSA) is 62.7 Å². The Balaban J connectivity index is 2.23. The summed E-state index contributed by atoms with van der Waals surface area (Å²) in [7, 11) is 0. The first-order valence-electron chi connectivity index (χ1n) is 7.28. The smallest absolute Gasteiger partial charge is 0.135 e. The van der Waals surface area contributed by atoms with Crippen LogP contribution in [0.2, 0.25) is 0 Å². The molecule has 5 nitrogen and oxygen atoms in total. The number of aromatic nitrogens is 3. The molecule has 2 aromatic heterocycles. The fraction of sp³-hybridized carbons (Fsp3) is 0.533. The van der Waals surface area contributed by atoms with Gasteiger partial charge in [0, 0.05) is 23.4 Å². The number of anilines is 2. The second-order valence-electron chi connectivity index (χ2n) is 5.30. The lowest BCUT2D eigenvalue weighted by atomic mass is 10.2. The molecule has 0 fully saturated rings. The van der Waals surface area contributed by atoms with E-state index in [0.717, 1.165) is 40.3 Å². The molecule has 2 rings (SSSR count). The molecule has 0 saturated carbocycles. The van der Waals surface area contributed by atoms with Crippen molar-refractivity contribution >= 4 is 23.0 Å². The largest absolute Gasteiger partial charge is 0.370 e. The molecule has 0 aliphatic rings. The molecule has 0 aliphatic carbocycles. The van der Waals surface area contributed by atoms with E-state index in [4.69, 9.17) is 0 Å². The molecule has 0 unspecified atom stereocenters. The molecule has 0 radical (unpaired) electrons. The van der Waals surface area contributed by atoms with Crippen LogP contribution in [0.1, 0.15) is 48.8 Å². The third kappa shape index (κ3) is 3.91. The Morgan fingerprint density at radius 3 is 2.29 bits per heavy atom.